The van der Waals surface area contributed by atoms with E-state index in [0.717, 1.165) is 70.4 Å². The fourth-order valence-electron chi connectivity index (χ4n) is 3.12. The van der Waals surface area contributed by atoms with Gasteiger partial charge in [0.2, 0.25) is 0 Å². The van der Waals surface area contributed by atoms with Crippen molar-refractivity contribution in [3.05, 3.63) is 24.3 Å². The van der Waals surface area contributed by atoms with Crippen LogP contribution in [0.15, 0.2) is 24.3 Å². The predicted molar refractivity (Wildman–Crippen MR) is 92.2 cm³/mol. The molecule has 2 aliphatic rings. The second-order valence-electron chi connectivity index (χ2n) is 5.97. The van der Waals surface area contributed by atoms with E-state index in [1.807, 2.05) is 23.1 Å². The number of amides is 2. The van der Waals surface area contributed by atoms with E-state index in [-0.39, 0.29) is 6.03 Å². The Morgan fingerprint density at radius 2 is 1.78 bits per heavy atom. The van der Waals surface area contributed by atoms with Gasteiger partial charge in [-0.05, 0) is 18.7 Å². The van der Waals surface area contributed by atoms with Crippen molar-refractivity contribution in [1.29, 1.82) is 0 Å². The van der Waals surface area contributed by atoms with Gasteiger partial charge in [-0.2, -0.15) is 0 Å². The summed E-state index contributed by atoms with van der Waals surface area (Å²) < 4.78 is 5.42. The largest absolute Gasteiger partial charge is 0.378 e. The summed E-state index contributed by atoms with van der Waals surface area (Å²) in [6, 6.07) is 8.03. The second kappa shape index (κ2) is 7.66. The van der Waals surface area contributed by atoms with Crippen molar-refractivity contribution < 1.29 is 9.53 Å². The molecule has 2 saturated heterocycles. The molecule has 2 amide bonds. The molecule has 0 aliphatic carbocycles. The van der Waals surface area contributed by atoms with Crippen LogP contribution in [0.2, 0.25) is 0 Å². The molecule has 2 heterocycles. The highest BCUT2D eigenvalue weighted by Gasteiger charge is 2.22. The molecule has 0 aromatic heterocycles. The number of morpholine rings is 1. The molecule has 6 heteroatoms. The van der Waals surface area contributed by atoms with Gasteiger partial charge >= 0.3 is 6.03 Å². The summed E-state index contributed by atoms with van der Waals surface area (Å²) >= 11 is 0. The van der Waals surface area contributed by atoms with Crippen molar-refractivity contribution in [1.82, 2.24) is 9.80 Å². The van der Waals surface area contributed by atoms with Crippen molar-refractivity contribution in [2.24, 2.45) is 0 Å². The molecule has 1 N–H and O–H groups in total. The number of hydrogen-bond donors (Lipinski definition) is 1. The van der Waals surface area contributed by atoms with Crippen LogP contribution in [0.3, 0.4) is 0 Å². The van der Waals surface area contributed by atoms with Gasteiger partial charge in [-0.25, -0.2) is 4.79 Å². The van der Waals surface area contributed by atoms with Crippen LogP contribution >= 0.6 is 0 Å². The van der Waals surface area contributed by atoms with Gasteiger partial charge in [0.1, 0.15) is 0 Å². The van der Waals surface area contributed by atoms with Crippen molar-refractivity contribution >= 4 is 17.4 Å². The first-order valence-corrected chi connectivity index (χ1v) is 8.48. The highest BCUT2D eigenvalue weighted by Crippen LogP contribution is 2.26. The second-order valence-corrected chi connectivity index (χ2v) is 5.97. The maximum atomic E-state index is 12.6. The number of carbonyl (C=O) groups excluding carboxylic acids is 1. The van der Waals surface area contributed by atoms with Gasteiger partial charge in [0.05, 0.1) is 24.6 Å². The number of benzene rings is 1. The highest BCUT2D eigenvalue weighted by atomic mass is 16.5. The smallest absolute Gasteiger partial charge is 0.321 e. The summed E-state index contributed by atoms with van der Waals surface area (Å²) in [6.45, 7) is 9.90. The third-order valence-electron chi connectivity index (χ3n) is 4.60. The molecule has 0 radical (unpaired) electrons. The average molecular weight is 318 g/mol. The number of hydrogen-bond acceptors (Lipinski definition) is 4. The SMILES string of the molecule is CCN1CCN(C(=O)Nc2ccccc2N2CCOCC2)CC1. The van der Waals surface area contributed by atoms with Gasteiger partial charge in [-0.15, -0.1) is 0 Å². The van der Waals surface area contributed by atoms with Crippen LogP contribution in [-0.4, -0.2) is 74.9 Å². The van der Waals surface area contributed by atoms with Crippen LogP contribution < -0.4 is 10.2 Å². The van der Waals surface area contributed by atoms with E-state index in [1.54, 1.807) is 0 Å². The van der Waals surface area contributed by atoms with Crippen LogP contribution in [-0.2, 0) is 4.74 Å². The summed E-state index contributed by atoms with van der Waals surface area (Å²) in [7, 11) is 0. The Labute approximate surface area is 138 Å². The first kappa shape index (κ1) is 16.1. The highest BCUT2D eigenvalue weighted by molar-refractivity contribution is 5.93. The quantitative estimate of drug-likeness (QED) is 0.921. The summed E-state index contributed by atoms with van der Waals surface area (Å²) in [5.41, 5.74) is 1.97. The number of ether oxygens (including phenoxy) is 1. The third-order valence-corrected chi connectivity index (χ3v) is 4.60. The molecule has 23 heavy (non-hydrogen) atoms. The standard InChI is InChI=1S/C17H26N4O2/c1-2-19-7-9-21(10-8-19)17(22)18-15-5-3-4-6-16(15)20-11-13-23-14-12-20/h3-6H,2,7-14H2,1H3,(H,18,22). The van der Waals surface area contributed by atoms with Crippen molar-refractivity contribution in [2.45, 2.75) is 6.92 Å². The minimum absolute atomic E-state index is 0.00135. The van der Waals surface area contributed by atoms with E-state index in [9.17, 15) is 4.79 Å². The van der Waals surface area contributed by atoms with Crippen LogP contribution in [0.5, 0.6) is 0 Å². The number of para-hydroxylation sites is 2. The Morgan fingerprint density at radius 1 is 1.09 bits per heavy atom. The van der Waals surface area contributed by atoms with Crippen molar-refractivity contribution in [2.75, 3.05) is 69.2 Å². The number of anilines is 2. The molecule has 0 saturated carbocycles. The monoisotopic (exact) mass is 318 g/mol. The fraction of sp³-hybridized carbons (Fsp3) is 0.588. The average Bonchev–Trinajstić information content (AvgIpc) is 2.63. The molecule has 126 valence electrons. The summed E-state index contributed by atoms with van der Waals surface area (Å²) in [5.74, 6) is 0. The number of nitrogens with zero attached hydrogens (tertiary/aromatic N) is 3. The molecular weight excluding hydrogens is 292 g/mol. The van der Waals surface area contributed by atoms with Crippen molar-refractivity contribution in [3.63, 3.8) is 0 Å². The molecule has 2 aliphatic heterocycles. The Balaban J connectivity index is 1.64. The van der Waals surface area contributed by atoms with E-state index < -0.39 is 0 Å². The van der Waals surface area contributed by atoms with Gasteiger partial charge in [-0.3, -0.25) is 0 Å². The number of piperazine rings is 1. The molecule has 1 aromatic rings. The third kappa shape index (κ3) is 3.95. The maximum absolute atomic E-state index is 12.6. The van der Waals surface area contributed by atoms with E-state index >= 15 is 0 Å². The minimum atomic E-state index is 0.00135. The topological polar surface area (TPSA) is 48.0 Å². The number of rotatable bonds is 3. The van der Waals surface area contributed by atoms with E-state index in [4.69, 9.17) is 4.74 Å². The molecule has 0 bridgehead atoms. The van der Waals surface area contributed by atoms with Gasteiger partial charge in [0, 0.05) is 39.3 Å². The van der Waals surface area contributed by atoms with Crippen LogP contribution in [0.1, 0.15) is 6.92 Å². The van der Waals surface area contributed by atoms with Gasteiger partial charge in [0.15, 0.2) is 0 Å². The molecule has 0 unspecified atom stereocenters. The van der Waals surface area contributed by atoms with E-state index in [1.165, 1.54) is 0 Å². The molecule has 3 rings (SSSR count). The molecule has 0 atom stereocenters. The lowest BCUT2D eigenvalue weighted by Crippen LogP contribution is -2.49. The predicted octanol–water partition coefficient (Wildman–Crippen LogP) is 1.69. The van der Waals surface area contributed by atoms with Gasteiger partial charge in [-0.1, -0.05) is 19.1 Å². The fourth-order valence-corrected chi connectivity index (χ4v) is 3.12. The van der Waals surface area contributed by atoms with Gasteiger partial charge < -0.3 is 24.8 Å². The van der Waals surface area contributed by atoms with Crippen LogP contribution in [0.25, 0.3) is 0 Å². The van der Waals surface area contributed by atoms with Crippen LogP contribution in [0.4, 0.5) is 16.2 Å². The van der Waals surface area contributed by atoms with E-state index in [2.05, 4.69) is 28.1 Å². The van der Waals surface area contributed by atoms with Gasteiger partial charge in [0.25, 0.3) is 0 Å². The Kier molecular flexibility index (Phi) is 5.35. The summed E-state index contributed by atoms with van der Waals surface area (Å²) in [4.78, 5) is 19.1. The minimum Gasteiger partial charge on any atom is -0.378 e. The zero-order valence-electron chi connectivity index (χ0n) is 13.8. The lowest BCUT2D eigenvalue weighted by molar-refractivity contribution is 0.123. The molecule has 0 spiro atoms. The molecule has 2 fully saturated rings. The maximum Gasteiger partial charge on any atom is 0.321 e. The lowest BCUT2D eigenvalue weighted by Gasteiger charge is -2.35. The number of urea groups is 1. The molecule has 1 aromatic carbocycles. The van der Waals surface area contributed by atoms with E-state index in [0.29, 0.717) is 0 Å². The Hall–Kier alpha value is -1.79. The normalized spacial score (nSPS) is 19.7. The first-order valence-electron chi connectivity index (χ1n) is 8.48. The Bertz CT molecular complexity index is 523. The zero-order chi connectivity index (χ0) is 16.1. The summed E-state index contributed by atoms with van der Waals surface area (Å²) in [6.07, 6.45) is 0. The van der Waals surface area contributed by atoms with Crippen LogP contribution in [0, 0.1) is 0 Å². The zero-order valence-corrected chi connectivity index (χ0v) is 13.8. The molecule has 6 nitrogen and oxygen atoms in total. The summed E-state index contributed by atoms with van der Waals surface area (Å²) in [5, 5.41) is 3.10. The first-order chi connectivity index (χ1) is 11.3. The molecular formula is C17H26N4O2. The lowest BCUT2D eigenvalue weighted by atomic mass is 10.2. The van der Waals surface area contributed by atoms with Crippen molar-refractivity contribution in [3.8, 4) is 0 Å². The number of carbonyl (C=O) groups is 1. The number of likely N-dealkylation sites (N-methyl/N-ethyl adjacent to an activating group) is 1. The Morgan fingerprint density at radius 3 is 2.48 bits per heavy atom. The number of nitrogens with one attached hydrogen (secondary N) is 1.